The van der Waals surface area contributed by atoms with Crippen molar-refractivity contribution in [2.75, 3.05) is 20.1 Å². The Morgan fingerprint density at radius 1 is 1.26 bits per heavy atom. The number of nitrogens with one attached hydrogen (secondary N) is 1. The van der Waals surface area contributed by atoms with Gasteiger partial charge >= 0.3 is 0 Å². The number of hydrogen-bond donors (Lipinski definition) is 1. The van der Waals surface area contributed by atoms with Crippen LogP contribution in [0.15, 0.2) is 12.1 Å². The van der Waals surface area contributed by atoms with Crippen molar-refractivity contribution in [3.8, 4) is 0 Å². The lowest BCUT2D eigenvalue weighted by molar-refractivity contribution is -0.128. The Hall–Kier alpha value is -1.35. The van der Waals surface area contributed by atoms with Gasteiger partial charge in [0.2, 0.25) is 5.91 Å². The predicted molar refractivity (Wildman–Crippen MR) is 78.3 cm³/mol. The minimum Gasteiger partial charge on any atom is -0.341 e. The Bertz CT molecular complexity index is 459. The van der Waals surface area contributed by atoms with Gasteiger partial charge in [0.1, 0.15) is 0 Å². The van der Waals surface area contributed by atoms with E-state index in [1.54, 1.807) is 0 Å². The molecule has 1 aliphatic heterocycles. The van der Waals surface area contributed by atoms with Crippen LogP contribution in [0.2, 0.25) is 0 Å². The summed E-state index contributed by atoms with van der Waals surface area (Å²) in [5.41, 5.74) is 5.26. The molecule has 3 nitrogen and oxygen atoms in total. The summed E-state index contributed by atoms with van der Waals surface area (Å²) in [5, 5.41) is 3.37. The summed E-state index contributed by atoms with van der Waals surface area (Å²) in [6.07, 6.45) is 1.71. The molecule has 2 rings (SSSR count). The summed E-state index contributed by atoms with van der Waals surface area (Å²) in [4.78, 5) is 13.8. The molecule has 1 amide bonds. The summed E-state index contributed by atoms with van der Waals surface area (Å²) in [7, 11) is 1.98. The zero-order valence-electron chi connectivity index (χ0n) is 12.4. The van der Waals surface area contributed by atoms with Crippen LogP contribution < -0.4 is 5.32 Å². The molecule has 0 spiro atoms. The van der Waals surface area contributed by atoms with E-state index in [1.807, 2.05) is 11.9 Å². The molecule has 104 valence electrons. The molecule has 1 N–H and O–H groups in total. The number of rotatable bonds is 4. The topological polar surface area (TPSA) is 32.3 Å². The van der Waals surface area contributed by atoms with E-state index in [-0.39, 0.29) is 6.04 Å². The number of carbonyl (C=O) groups excluding carboxylic acids is 1. The third-order valence-corrected chi connectivity index (χ3v) is 4.01. The number of carbonyl (C=O) groups is 1. The predicted octanol–water partition coefficient (Wildman–Crippen LogP) is 2.49. The molecule has 0 aromatic heterocycles. The molecule has 0 saturated carbocycles. The molecular weight excluding hydrogens is 236 g/mol. The molecule has 1 fully saturated rings. The zero-order chi connectivity index (χ0) is 14.0. The van der Waals surface area contributed by atoms with E-state index in [2.05, 4.69) is 38.2 Å². The first-order chi connectivity index (χ1) is 9.02. The molecular formula is C16H24N2O. The van der Waals surface area contributed by atoms with Gasteiger partial charge in [0.25, 0.3) is 0 Å². The number of amides is 1. The maximum Gasteiger partial charge on any atom is 0.222 e. The van der Waals surface area contributed by atoms with Crippen molar-refractivity contribution in [3.63, 3.8) is 0 Å². The van der Waals surface area contributed by atoms with Gasteiger partial charge in [-0.15, -0.1) is 0 Å². The number of nitrogens with zero attached hydrogens (tertiary/aromatic N) is 1. The van der Waals surface area contributed by atoms with E-state index in [0.717, 1.165) is 19.5 Å². The van der Waals surface area contributed by atoms with Crippen molar-refractivity contribution in [2.24, 2.45) is 0 Å². The van der Waals surface area contributed by atoms with E-state index in [9.17, 15) is 4.79 Å². The second kappa shape index (κ2) is 5.74. The van der Waals surface area contributed by atoms with Crippen LogP contribution in [0.3, 0.4) is 0 Å². The first-order valence-electron chi connectivity index (χ1n) is 7.05. The van der Waals surface area contributed by atoms with E-state index >= 15 is 0 Å². The molecule has 0 radical (unpaired) electrons. The van der Waals surface area contributed by atoms with Crippen LogP contribution in [0, 0.1) is 20.8 Å². The quantitative estimate of drug-likeness (QED) is 0.902. The molecule has 1 atom stereocenters. The first kappa shape index (κ1) is 14.1. The SMILES string of the molecule is CNC(CN1CCCC1=O)c1c(C)cc(C)cc1C. The summed E-state index contributed by atoms with van der Waals surface area (Å²) in [5.74, 6) is 0.294. The monoisotopic (exact) mass is 260 g/mol. The van der Waals surface area contributed by atoms with Gasteiger partial charge in [0.05, 0.1) is 6.04 Å². The Morgan fingerprint density at radius 3 is 2.37 bits per heavy atom. The molecule has 3 heteroatoms. The second-order valence-corrected chi connectivity index (χ2v) is 5.60. The average molecular weight is 260 g/mol. The summed E-state index contributed by atoms with van der Waals surface area (Å²) in [6, 6.07) is 4.67. The van der Waals surface area contributed by atoms with Gasteiger partial charge in [0.15, 0.2) is 0 Å². The van der Waals surface area contributed by atoms with Crippen molar-refractivity contribution in [2.45, 2.75) is 39.7 Å². The Balaban J connectivity index is 2.24. The summed E-state index contributed by atoms with van der Waals surface area (Å²) in [6.45, 7) is 8.13. The number of likely N-dealkylation sites (tertiary alicyclic amines) is 1. The van der Waals surface area contributed by atoms with Crippen LogP contribution in [0.4, 0.5) is 0 Å². The highest BCUT2D eigenvalue weighted by Gasteiger charge is 2.25. The highest BCUT2D eigenvalue weighted by molar-refractivity contribution is 5.78. The lowest BCUT2D eigenvalue weighted by Gasteiger charge is -2.26. The van der Waals surface area contributed by atoms with Crippen molar-refractivity contribution >= 4 is 5.91 Å². The lowest BCUT2D eigenvalue weighted by Crippen LogP contribution is -2.35. The Morgan fingerprint density at radius 2 is 1.89 bits per heavy atom. The van der Waals surface area contributed by atoms with Crippen LogP contribution in [-0.4, -0.2) is 30.9 Å². The third kappa shape index (κ3) is 2.98. The maximum absolute atomic E-state index is 11.8. The van der Waals surface area contributed by atoms with Crippen molar-refractivity contribution in [1.29, 1.82) is 0 Å². The average Bonchev–Trinajstić information content (AvgIpc) is 2.72. The minimum absolute atomic E-state index is 0.225. The van der Waals surface area contributed by atoms with Gasteiger partial charge in [-0.25, -0.2) is 0 Å². The number of hydrogen-bond acceptors (Lipinski definition) is 2. The second-order valence-electron chi connectivity index (χ2n) is 5.60. The van der Waals surface area contributed by atoms with E-state index in [0.29, 0.717) is 12.3 Å². The number of aryl methyl sites for hydroxylation is 3. The fourth-order valence-electron chi connectivity index (χ4n) is 3.19. The van der Waals surface area contributed by atoms with E-state index in [4.69, 9.17) is 0 Å². The molecule has 1 heterocycles. The van der Waals surface area contributed by atoms with Gasteiger partial charge in [-0.1, -0.05) is 17.7 Å². The smallest absolute Gasteiger partial charge is 0.222 e. The minimum atomic E-state index is 0.225. The highest BCUT2D eigenvalue weighted by atomic mass is 16.2. The zero-order valence-corrected chi connectivity index (χ0v) is 12.4. The number of likely N-dealkylation sites (N-methyl/N-ethyl adjacent to an activating group) is 1. The molecule has 1 unspecified atom stereocenters. The van der Waals surface area contributed by atoms with Gasteiger partial charge in [-0.2, -0.15) is 0 Å². The van der Waals surface area contributed by atoms with E-state index < -0.39 is 0 Å². The Labute approximate surface area is 116 Å². The standard InChI is InChI=1S/C16H24N2O/c1-11-8-12(2)16(13(3)9-11)14(17-4)10-18-7-5-6-15(18)19/h8-9,14,17H,5-7,10H2,1-4H3. The lowest BCUT2D eigenvalue weighted by atomic mass is 9.94. The Kier molecular flexibility index (Phi) is 4.25. The molecule has 1 aromatic carbocycles. The molecule has 1 aliphatic rings. The van der Waals surface area contributed by atoms with Gasteiger partial charge in [0, 0.05) is 19.5 Å². The van der Waals surface area contributed by atoms with Gasteiger partial charge in [-0.05, 0) is 50.9 Å². The summed E-state index contributed by atoms with van der Waals surface area (Å²) >= 11 is 0. The molecule has 0 bridgehead atoms. The van der Waals surface area contributed by atoms with Crippen molar-refractivity contribution in [1.82, 2.24) is 10.2 Å². The van der Waals surface area contributed by atoms with Crippen molar-refractivity contribution in [3.05, 3.63) is 34.4 Å². The molecule has 1 aromatic rings. The highest BCUT2D eigenvalue weighted by Crippen LogP contribution is 2.25. The molecule has 0 aliphatic carbocycles. The van der Waals surface area contributed by atoms with Crippen LogP contribution in [0.5, 0.6) is 0 Å². The molecule has 19 heavy (non-hydrogen) atoms. The summed E-state index contributed by atoms with van der Waals surface area (Å²) < 4.78 is 0. The van der Waals surface area contributed by atoms with Crippen LogP contribution >= 0.6 is 0 Å². The largest absolute Gasteiger partial charge is 0.341 e. The van der Waals surface area contributed by atoms with Gasteiger partial charge in [-0.3, -0.25) is 4.79 Å². The maximum atomic E-state index is 11.8. The number of benzene rings is 1. The third-order valence-electron chi connectivity index (χ3n) is 4.01. The fraction of sp³-hybridized carbons (Fsp3) is 0.562. The van der Waals surface area contributed by atoms with Crippen LogP contribution in [-0.2, 0) is 4.79 Å². The fourth-order valence-corrected chi connectivity index (χ4v) is 3.19. The molecule has 1 saturated heterocycles. The van der Waals surface area contributed by atoms with E-state index in [1.165, 1.54) is 22.3 Å². The van der Waals surface area contributed by atoms with Crippen molar-refractivity contribution < 1.29 is 4.79 Å². The van der Waals surface area contributed by atoms with Gasteiger partial charge < -0.3 is 10.2 Å². The van der Waals surface area contributed by atoms with Crippen LogP contribution in [0.25, 0.3) is 0 Å². The van der Waals surface area contributed by atoms with Crippen LogP contribution in [0.1, 0.15) is 41.1 Å². The normalized spacial score (nSPS) is 17.1. The first-order valence-corrected chi connectivity index (χ1v) is 7.05.